The highest BCUT2D eigenvalue weighted by Crippen LogP contribution is 2.42. The molecular weight excluding hydrogens is 450 g/mol. The van der Waals surface area contributed by atoms with Crippen LogP contribution in [0.1, 0.15) is 52.5 Å². The summed E-state index contributed by atoms with van der Waals surface area (Å²) in [5, 5.41) is 2.53. The number of amides is 2. The first-order valence-electron chi connectivity index (χ1n) is 12.1. The van der Waals surface area contributed by atoms with Gasteiger partial charge in [-0.2, -0.15) is 0 Å². The average Bonchev–Trinajstić information content (AvgIpc) is 2.79. The van der Waals surface area contributed by atoms with Gasteiger partial charge in [0.25, 0.3) is 0 Å². The summed E-state index contributed by atoms with van der Waals surface area (Å²) in [4.78, 5) is 26.5. The number of likely N-dealkylation sites (tertiary alicyclic amines) is 1. The maximum absolute atomic E-state index is 13.6. The molecule has 2 heterocycles. The van der Waals surface area contributed by atoms with E-state index in [2.05, 4.69) is 11.9 Å². The molecule has 2 saturated heterocycles. The molecule has 2 amide bonds. The molecule has 0 atom stereocenters. The number of hydrogen-bond donors (Lipinski definition) is 1. The van der Waals surface area contributed by atoms with Crippen molar-refractivity contribution in [1.82, 2.24) is 14.5 Å². The van der Waals surface area contributed by atoms with E-state index >= 15 is 0 Å². The summed E-state index contributed by atoms with van der Waals surface area (Å²) in [6.45, 7) is 13.2. The molecule has 0 aromatic heterocycles. The lowest BCUT2D eigenvalue weighted by molar-refractivity contribution is -0.132. The number of aryl methyl sites for hydroxylation is 1. The van der Waals surface area contributed by atoms with Crippen LogP contribution >= 0.6 is 0 Å². The zero-order chi connectivity index (χ0) is 25.1. The SMILES string of the molecule is C=CC(=O)NC1C(C)(C)CN(S(=O)(=O)C2CCN(C(=O)CCc3ccccc3)CC2)CC1(C)C. The number of nitrogens with one attached hydrogen (secondary N) is 1. The lowest BCUT2D eigenvalue weighted by Crippen LogP contribution is -2.65. The molecule has 2 aliphatic heterocycles. The smallest absolute Gasteiger partial charge is 0.243 e. The quantitative estimate of drug-likeness (QED) is 0.597. The van der Waals surface area contributed by atoms with E-state index in [0.29, 0.717) is 51.9 Å². The summed E-state index contributed by atoms with van der Waals surface area (Å²) in [6, 6.07) is 9.74. The summed E-state index contributed by atoms with van der Waals surface area (Å²) in [6.07, 6.45) is 3.29. The Labute approximate surface area is 204 Å². The molecule has 0 bridgehead atoms. The molecule has 2 aliphatic rings. The van der Waals surface area contributed by atoms with Crippen LogP contribution in [0.3, 0.4) is 0 Å². The van der Waals surface area contributed by atoms with Crippen LogP contribution in [0, 0.1) is 10.8 Å². The summed E-state index contributed by atoms with van der Waals surface area (Å²) < 4.78 is 28.8. The molecule has 1 aromatic carbocycles. The first-order valence-corrected chi connectivity index (χ1v) is 13.6. The molecule has 0 unspecified atom stereocenters. The summed E-state index contributed by atoms with van der Waals surface area (Å²) in [5.41, 5.74) is 0.245. The maximum atomic E-state index is 13.6. The molecule has 0 spiro atoms. The number of carbonyl (C=O) groups is 2. The number of sulfonamides is 1. The number of hydrogen-bond acceptors (Lipinski definition) is 4. The molecule has 2 fully saturated rings. The van der Waals surface area contributed by atoms with Crippen LogP contribution in [0.4, 0.5) is 0 Å². The van der Waals surface area contributed by atoms with E-state index in [1.807, 2.05) is 58.0 Å². The normalized spacial score (nSPS) is 21.7. The van der Waals surface area contributed by atoms with Gasteiger partial charge in [-0.1, -0.05) is 64.6 Å². The summed E-state index contributed by atoms with van der Waals surface area (Å²) in [7, 11) is -3.53. The predicted molar refractivity (Wildman–Crippen MR) is 135 cm³/mol. The fraction of sp³-hybridized carbons (Fsp3) is 0.615. The molecule has 188 valence electrons. The summed E-state index contributed by atoms with van der Waals surface area (Å²) >= 11 is 0. The predicted octanol–water partition coefficient (Wildman–Crippen LogP) is 2.98. The van der Waals surface area contributed by atoms with E-state index in [0.717, 1.165) is 5.56 Å². The van der Waals surface area contributed by atoms with Crippen molar-refractivity contribution in [3.63, 3.8) is 0 Å². The molecule has 1 N–H and O–H groups in total. The largest absolute Gasteiger partial charge is 0.349 e. The second-order valence-electron chi connectivity index (χ2n) is 11.0. The van der Waals surface area contributed by atoms with Crippen molar-refractivity contribution in [3.05, 3.63) is 48.6 Å². The molecule has 7 nitrogen and oxygen atoms in total. The van der Waals surface area contributed by atoms with Crippen molar-refractivity contribution in [2.75, 3.05) is 26.2 Å². The lowest BCUT2D eigenvalue weighted by Gasteiger charge is -2.53. The topological polar surface area (TPSA) is 86.8 Å². The third-order valence-corrected chi connectivity index (χ3v) is 9.54. The third kappa shape index (κ3) is 5.89. The van der Waals surface area contributed by atoms with Crippen LogP contribution in [-0.4, -0.2) is 66.9 Å². The van der Waals surface area contributed by atoms with Gasteiger partial charge >= 0.3 is 0 Å². The maximum Gasteiger partial charge on any atom is 0.243 e. The Hall–Kier alpha value is -2.19. The van der Waals surface area contributed by atoms with Crippen molar-refractivity contribution < 1.29 is 18.0 Å². The number of benzene rings is 1. The number of carbonyl (C=O) groups excluding carboxylic acids is 2. The van der Waals surface area contributed by atoms with E-state index in [1.165, 1.54) is 6.08 Å². The van der Waals surface area contributed by atoms with Gasteiger partial charge in [-0.3, -0.25) is 9.59 Å². The van der Waals surface area contributed by atoms with Crippen molar-refractivity contribution in [2.24, 2.45) is 10.8 Å². The Bertz CT molecular complexity index is 978. The van der Waals surface area contributed by atoms with Crippen LogP contribution in [0.5, 0.6) is 0 Å². The van der Waals surface area contributed by atoms with Crippen LogP contribution in [0.2, 0.25) is 0 Å². The average molecular weight is 490 g/mol. The van der Waals surface area contributed by atoms with Crippen LogP contribution < -0.4 is 5.32 Å². The second-order valence-corrected chi connectivity index (χ2v) is 13.2. The van der Waals surface area contributed by atoms with Gasteiger partial charge in [-0.15, -0.1) is 0 Å². The number of nitrogens with zero attached hydrogens (tertiary/aromatic N) is 2. The van der Waals surface area contributed by atoms with Crippen molar-refractivity contribution in [2.45, 2.75) is 64.7 Å². The van der Waals surface area contributed by atoms with E-state index < -0.39 is 26.1 Å². The van der Waals surface area contributed by atoms with Gasteiger partial charge in [0.15, 0.2) is 0 Å². The van der Waals surface area contributed by atoms with E-state index in [4.69, 9.17) is 0 Å². The highest BCUT2D eigenvalue weighted by molar-refractivity contribution is 7.89. The van der Waals surface area contributed by atoms with Gasteiger partial charge in [-0.05, 0) is 41.7 Å². The Morgan fingerprint density at radius 2 is 1.62 bits per heavy atom. The second kappa shape index (κ2) is 10.2. The summed E-state index contributed by atoms with van der Waals surface area (Å²) in [5.74, 6) is -0.160. The lowest BCUT2D eigenvalue weighted by atomic mass is 9.67. The Kier molecular flexibility index (Phi) is 7.92. The molecule has 0 aliphatic carbocycles. The van der Waals surface area contributed by atoms with Crippen molar-refractivity contribution >= 4 is 21.8 Å². The number of rotatable bonds is 7. The minimum Gasteiger partial charge on any atom is -0.349 e. The highest BCUT2D eigenvalue weighted by Gasteiger charge is 2.51. The first-order chi connectivity index (χ1) is 15.9. The van der Waals surface area contributed by atoms with Crippen molar-refractivity contribution in [3.8, 4) is 0 Å². The van der Waals surface area contributed by atoms with Gasteiger partial charge in [0.1, 0.15) is 0 Å². The van der Waals surface area contributed by atoms with Gasteiger partial charge in [-0.25, -0.2) is 12.7 Å². The standard InChI is InChI=1S/C26H39N3O4S/c1-6-22(30)27-24-25(2,3)18-29(19-26(24,4)5)34(32,33)21-14-16-28(17-15-21)23(31)13-12-20-10-8-7-9-11-20/h6-11,21,24H,1,12-19H2,2-5H3,(H,27,30). The van der Waals surface area contributed by atoms with Crippen molar-refractivity contribution in [1.29, 1.82) is 0 Å². The minimum atomic E-state index is -3.53. The zero-order valence-electron chi connectivity index (χ0n) is 20.9. The fourth-order valence-corrected chi connectivity index (χ4v) is 7.90. The van der Waals surface area contributed by atoms with E-state index in [-0.39, 0.29) is 17.9 Å². The van der Waals surface area contributed by atoms with E-state index in [1.54, 1.807) is 9.21 Å². The molecule has 34 heavy (non-hydrogen) atoms. The minimum absolute atomic E-state index is 0.0840. The molecule has 0 saturated carbocycles. The Morgan fingerprint density at radius 1 is 1.06 bits per heavy atom. The monoisotopic (exact) mass is 489 g/mol. The van der Waals surface area contributed by atoms with Crippen LogP contribution in [0.15, 0.2) is 43.0 Å². The molecule has 1 aromatic rings. The first kappa shape index (κ1) is 26.4. The molecule has 8 heteroatoms. The van der Waals surface area contributed by atoms with Gasteiger partial charge in [0, 0.05) is 38.6 Å². The van der Waals surface area contributed by atoms with Gasteiger partial charge < -0.3 is 10.2 Å². The molecule has 0 radical (unpaired) electrons. The fourth-order valence-electron chi connectivity index (χ4n) is 5.65. The number of piperidine rings is 2. The van der Waals surface area contributed by atoms with Gasteiger partial charge in [0.05, 0.1) is 5.25 Å². The molecular formula is C26H39N3O4S. The molecule has 3 rings (SSSR count). The third-order valence-electron chi connectivity index (χ3n) is 7.25. The Balaban J connectivity index is 1.61. The Morgan fingerprint density at radius 3 is 2.15 bits per heavy atom. The van der Waals surface area contributed by atoms with Crippen LogP contribution in [-0.2, 0) is 26.0 Å². The van der Waals surface area contributed by atoms with Crippen LogP contribution in [0.25, 0.3) is 0 Å². The van der Waals surface area contributed by atoms with Gasteiger partial charge in [0.2, 0.25) is 21.8 Å². The zero-order valence-corrected chi connectivity index (χ0v) is 21.7. The van der Waals surface area contributed by atoms with E-state index in [9.17, 15) is 18.0 Å². The highest BCUT2D eigenvalue weighted by atomic mass is 32.2.